The molecule has 1 N–H and O–H groups in total. The zero-order valence-corrected chi connectivity index (χ0v) is 8.84. The zero-order valence-electron chi connectivity index (χ0n) is 8.03. The molecule has 0 aliphatic rings. The number of carbonyl (C=O) groups is 1. The van der Waals surface area contributed by atoms with Gasteiger partial charge in [-0.2, -0.15) is 0 Å². The summed E-state index contributed by atoms with van der Waals surface area (Å²) in [5.74, 6) is -0.230. The van der Waals surface area contributed by atoms with Crippen LogP contribution in [0, 0.1) is 0 Å². The number of esters is 1. The van der Waals surface area contributed by atoms with E-state index in [2.05, 4.69) is 5.32 Å². The molecule has 0 bridgehead atoms. The Kier molecular flexibility index (Phi) is 6.58. The molecule has 0 spiro atoms. The number of halogens is 1. The number of ether oxygens (including phenoxy) is 1. The van der Waals surface area contributed by atoms with Crippen molar-refractivity contribution in [1.82, 2.24) is 0 Å². The summed E-state index contributed by atoms with van der Waals surface area (Å²) in [6.45, 7) is 2.44. The van der Waals surface area contributed by atoms with E-state index < -0.39 is 0 Å². The van der Waals surface area contributed by atoms with Gasteiger partial charge in [0.25, 0.3) is 0 Å². The second-order valence-corrected chi connectivity index (χ2v) is 2.52. The van der Waals surface area contributed by atoms with Gasteiger partial charge in [-0.1, -0.05) is 18.2 Å². The van der Waals surface area contributed by atoms with Gasteiger partial charge < -0.3 is 10.1 Å². The molecule has 1 aromatic rings. The summed E-state index contributed by atoms with van der Waals surface area (Å²) in [6, 6.07) is 9.55. The van der Waals surface area contributed by atoms with E-state index in [4.69, 9.17) is 4.74 Å². The maximum absolute atomic E-state index is 10.9. The van der Waals surface area contributed by atoms with Crippen LogP contribution in [0.3, 0.4) is 0 Å². The summed E-state index contributed by atoms with van der Waals surface area (Å²) in [5.41, 5.74) is 0.926. The molecule has 1 aromatic carbocycles. The van der Waals surface area contributed by atoms with Crippen LogP contribution >= 0.6 is 12.4 Å². The number of nitrogens with one attached hydrogen (secondary N) is 1. The van der Waals surface area contributed by atoms with Crippen LogP contribution in [0.1, 0.15) is 6.92 Å². The van der Waals surface area contributed by atoms with Gasteiger partial charge in [0.05, 0.1) is 6.61 Å². The number of hydrogen-bond acceptors (Lipinski definition) is 3. The SMILES string of the molecule is CCOC(=O)CNc1ccccc1.Cl. The molecule has 0 aliphatic carbocycles. The number of hydrogen-bond donors (Lipinski definition) is 1. The molecule has 1 rings (SSSR count). The Morgan fingerprint density at radius 3 is 2.57 bits per heavy atom. The molecule has 0 radical (unpaired) electrons. The van der Waals surface area contributed by atoms with Gasteiger partial charge in [-0.15, -0.1) is 12.4 Å². The van der Waals surface area contributed by atoms with Crippen molar-refractivity contribution in [1.29, 1.82) is 0 Å². The van der Waals surface area contributed by atoms with Crippen LogP contribution in [0.25, 0.3) is 0 Å². The van der Waals surface area contributed by atoms with Crippen LogP contribution in [0.15, 0.2) is 30.3 Å². The monoisotopic (exact) mass is 215 g/mol. The lowest BCUT2D eigenvalue weighted by Gasteiger charge is -2.04. The molecule has 0 aromatic heterocycles. The summed E-state index contributed by atoms with van der Waals surface area (Å²) in [6.07, 6.45) is 0. The molecule has 0 saturated carbocycles. The van der Waals surface area contributed by atoms with Crippen molar-refractivity contribution in [2.75, 3.05) is 18.5 Å². The first-order valence-corrected chi connectivity index (χ1v) is 4.27. The molecule has 0 unspecified atom stereocenters. The fourth-order valence-electron chi connectivity index (χ4n) is 0.942. The van der Waals surface area contributed by atoms with Crippen LogP contribution in [-0.2, 0) is 9.53 Å². The van der Waals surface area contributed by atoms with Gasteiger partial charge in [-0.3, -0.25) is 4.79 Å². The molecule has 0 fully saturated rings. The Labute approximate surface area is 89.9 Å². The molecule has 14 heavy (non-hydrogen) atoms. The quantitative estimate of drug-likeness (QED) is 0.782. The van der Waals surface area contributed by atoms with Gasteiger partial charge >= 0.3 is 5.97 Å². The number of para-hydroxylation sites is 1. The zero-order chi connectivity index (χ0) is 9.52. The van der Waals surface area contributed by atoms with E-state index in [0.717, 1.165) is 5.69 Å². The Morgan fingerprint density at radius 2 is 2.00 bits per heavy atom. The van der Waals surface area contributed by atoms with Crippen molar-refractivity contribution in [2.45, 2.75) is 6.92 Å². The predicted octanol–water partition coefficient (Wildman–Crippen LogP) is 2.08. The van der Waals surface area contributed by atoms with E-state index in [0.29, 0.717) is 6.61 Å². The summed E-state index contributed by atoms with van der Waals surface area (Å²) in [5, 5.41) is 2.95. The Morgan fingerprint density at radius 1 is 1.36 bits per heavy atom. The molecule has 0 atom stereocenters. The van der Waals surface area contributed by atoms with Crippen LogP contribution in [0.2, 0.25) is 0 Å². The largest absolute Gasteiger partial charge is 0.465 e. The highest BCUT2D eigenvalue weighted by molar-refractivity contribution is 5.85. The van der Waals surface area contributed by atoms with E-state index in [1.165, 1.54) is 0 Å². The van der Waals surface area contributed by atoms with Crippen molar-refractivity contribution in [2.24, 2.45) is 0 Å². The molecular formula is C10H14ClNO2. The maximum Gasteiger partial charge on any atom is 0.325 e. The summed E-state index contributed by atoms with van der Waals surface area (Å²) < 4.78 is 4.76. The highest BCUT2D eigenvalue weighted by Crippen LogP contribution is 2.03. The van der Waals surface area contributed by atoms with Gasteiger partial charge in [0.1, 0.15) is 6.54 Å². The number of rotatable bonds is 4. The van der Waals surface area contributed by atoms with Gasteiger partial charge in [0.2, 0.25) is 0 Å². The van der Waals surface area contributed by atoms with Crippen molar-refractivity contribution in [3.63, 3.8) is 0 Å². The fourth-order valence-corrected chi connectivity index (χ4v) is 0.942. The van der Waals surface area contributed by atoms with Gasteiger partial charge in [-0.25, -0.2) is 0 Å². The van der Waals surface area contributed by atoms with E-state index in [-0.39, 0.29) is 24.9 Å². The second kappa shape index (κ2) is 7.21. The Bertz CT molecular complexity index is 264. The van der Waals surface area contributed by atoms with E-state index in [1.54, 1.807) is 6.92 Å². The van der Waals surface area contributed by atoms with E-state index in [9.17, 15) is 4.79 Å². The third kappa shape index (κ3) is 4.72. The normalized spacial score (nSPS) is 8.64. The first-order valence-electron chi connectivity index (χ1n) is 4.27. The average Bonchev–Trinajstić information content (AvgIpc) is 2.17. The minimum atomic E-state index is -0.230. The molecule has 4 heteroatoms. The standard InChI is InChI=1S/C10H13NO2.ClH/c1-2-13-10(12)8-11-9-6-4-3-5-7-9;/h3-7,11H,2,8H2,1H3;1H. The lowest BCUT2D eigenvalue weighted by molar-refractivity contribution is -0.140. The van der Waals surface area contributed by atoms with Crippen molar-refractivity contribution >= 4 is 24.1 Å². The molecule has 3 nitrogen and oxygen atoms in total. The molecule has 0 saturated heterocycles. The first kappa shape index (κ1) is 12.8. The predicted molar refractivity (Wildman–Crippen MR) is 58.8 cm³/mol. The van der Waals surface area contributed by atoms with Gasteiger partial charge in [0, 0.05) is 5.69 Å². The Hall–Kier alpha value is -1.22. The number of carbonyl (C=O) groups excluding carboxylic acids is 1. The average molecular weight is 216 g/mol. The molecular weight excluding hydrogens is 202 g/mol. The fraction of sp³-hybridized carbons (Fsp3) is 0.300. The minimum Gasteiger partial charge on any atom is -0.465 e. The molecule has 0 amide bonds. The Balaban J connectivity index is 0.00000169. The highest BCUT2D eigenvalue weighted by Gasteiger charge is 1.99. The maximum atomic E-state index is 10.9. The van der Waals surface area contributed by atoms with Crippen LogP contribution in [0.5, 0.6) is 0 Å². The third-order valence-corrected chi connectivity index (χ3v) is 1.52. The van der Waals surface area contributed by atoms with Crippen LogP contribution < -0.4 is 5.32 Å². The highest BCUT2D eigenvalue weighted by atomic mass is 35.5. The number of anilines is 1. The first-order chi connectivity index (χ1) is 6.33. The topological polar surface area (TPSA) is 38.3 Å². The van der Waals surface area contributed by atoms with E-state index >= 15 is 0 Å². The molecule has 0 heterocycles. The lowest BCUT2D eigenvalue weighted by Crippen LogP contribution is -2.16. The van der Waals surface area contributed by atoms with Crippen LogP contribution in [0.4, 0.5) is 5.69 Å². The summed E-state index contributed by atoms with van der Waals surface area (Å²) in [7, 11) is 0. The van der Waals surface area contributed by atoms with Gasteiger partial charge in [-0.05, 0) is 19.1 Å². The van der Waals surface area contributed by atoms with Gasteiger partial charge in [0.15, 0.2) is 0 Å². The summed E-state index contributed by atoms with van der Waals surface area (Å²) in [4.78, 5) is 10.9. The minimum absolute atomic E-state index is 0. The van der Waals surface area contributed by atoms with Crippen molar-refractivity contribution in [3.8, 4) is 0 Å². The second-order valence-electron chi connectivity index (χ2n) is 2.52. The van der Waals surface area contributed by atoms with Crippen molar-refractivity contribution < 1.29 is 9.53 Å². The lowest BCUT2D eigenvalue weighted by atomic mass is 10.3. The van der Waals surface area contributed by atoms with E-state index in [1.807, 2.05) is 30.3 Å². The van der Waals surface area contributed by atoms with Crippen LogP contribution in [-0.4, -0.2) is 19.1 Å². The molecule has 0 aliphatic heterocycles. The van der Waals surface area contributed by atoms with Crippen molar-refractivity contribution in [3.05, 3.63) is 30.3 Å². The number of benzene rings is 1. The molecule has 78 valence electrons. The third-order valence-electron chi connectivity index (χ3n) is 1.52. The summed E-state index contributed by atoms with van der Waals surface area (Å²) >= 11 is 0. The smallest absolute Gasteiger partial charge is 0.325 e.